The molecule has 1 aromatic heterocycles. The Morgan fingerprint density at radius 3 is 2.88 bits per heavy atom. The number of amides is 2. The number of hydrogen-bond donors (Lipinski definition) is 2. The average Bonchev–Trinajstić information content (AvgIpc) is 2.67. The highest BCUT2D eigenvalue weighted by molar-refractivity contribution is 6.03. The summed E-state index contributed by atoms with van der Waals surface area (Å²) in [5.74, 6) is -0.721. The maximum atomic E-state index is 11.4. The third-order valence-corrected chi connectivity index (χ3v) is 2.35. The normalized spacial score (nSPS) is 16.8. The zero-order valence-corrected chi connectivity index (χ0v) is 8.68. The first kappa shape index (κ1) is 10.8. The van der Waals surface area contributed by atoms with Crippen molar-refractivity contribution in [2.75, 3.05) is 19.6 Å². The van der Waals surface area contributed by atoms with Gasteiger partial charge in [0.1, 0.15) is 0 Å². The fourth-order valence-corrected chi connectivity index (χ4v) is 1.58. The minimum Gasteiger partial charge on any atom is -0.459 e. The summed E-state index contributed by atoms with van der Waals surface area (Å²) in [6.07, 6.45) is 1.38. The van der Waals surface area contributed by atoms with E-state index in [4.69, 9.17) is 10.2 Å². The molecular weight excluding hydrogens is 210 g/mol. The van der Waals surface area contributed by atoms with Crippen molar-refractivity contribution < 1.29 is 14.0 Å². The monoisotopic (exact) mass is 223 g/mol. The molecule has 1 aliphatic rings. The number of nitrogens with zero attached hydrogens (tertiary/aromatic N) is 1. The summed E-state index contributed by atoms with van der Waals surface area (Å²) in [5, 5.41) is 2.24. The number of nitrogens with one attached hydrogen (secondary N) is 1. The van der Waals surface area contributed by atoms with Crippen LogP contribution in [0.25, 0.3) is 0 Å². The summed E-state index contributed by atoms with van der Waals surface area (Å²) in [4.78, 5) is 24.7. The summed E-state index contributed by atoms with van der Waals surface area (Å²) in [6.45, 7) is 1.59. The summed E-state index contributed by atoms with van der Waals surface area (Å²) >= 11 is 0. The van der Waals surface area contributed by atoms with Gasteiger partial charge in [-0.2, -0.15) is 0 Å². The van der Waals surface area contributed by atoms with E-state index in [1.807, 2.05) is 4.90 Å². The van der Waals surface area contributed by atoms with E-state index < -0.39 is 5.91 Å². The first-order chi connectivity index (χ1) is 7.65. The zero-order chi connectivity index (χ0) is 11.5. The Bertz CT molecular complexity index is 382. The molecule has 0 aromatic carbocycles. The van der Waals surface area contributed by atoms with Crippen LogP contribution in [0.1, 0.15) is 10.6 Å². The molecule has 2 rings (SSSR count). The molecule has 3 N–H and O–H groups in total. The van der Waals surface area contributed by atoms with Gasteiger partial charge in [0.25, 0.3) is 5.91 Å². The van der Waals surface area contributed by atoms with Gasteiger partial charge in [0.15, 0.2) is 5.76 Å². The van der Waals surface area contributed by atoms with E-state index in [1.54, 1.807) is 6.07 Å². The Labute approximate surface area is 92.4 Å². The first-order valence-electron chi connectivity index (χ1n) is 5.01. The van der Waals surface area contributed by atoms with Crippen LogP contribution in [0.2, 0.25) is 0 Å². The van der Waals surface area contributed by atoms with Crippen molar-refractivity contribution in [3.8, 4) is 0 Å². The van der Waals surface area contributed by atoms with Gasteiger partial charge in [0.2, 0.25) is 5.91 Å². The maximum absolute atomic E-state index is 11.4. The lowest BCUT2D eigenvalue weighted by Gasteiger charge is -2.35. The van der Waals surface area contributed by atoms with Crippen LogP contribution in [0.5, 0.6) is 0 Å². The van der Waals surface area contributed by atoms with Crippen molar-refractivity contribution in [2.24, 2.45) is 5.73 Å². The van der Waals surface area contributed by atoms with Gasteiger partial charge in [-0.25, -0.2) is 0 Å². The molecule has 0 spiro atoms. The predicted octanol–water partition coefficient (Wildman–Crippen LogP) is -0.821. The topological polar surface area (TPSA) is 88.6 Å². The number of nitrogens with two attached hydrogens (primary N) is 1. The number of carbonyl (C=O) groups is 2. The molecule has 0 atom stereocenters. The fraction of sp³-hybridized carbons (Fsp3) is 0.400. The number of hydrogen-bond acceptors (Lipinski definition) is 5. The van der Waals surface area contributed by atoms with Crippen LogP contribution in [0, 0.1) is 0 Å². The fourth-order valence-electron chi connectivity index (χ4n) is 1.58. The van der Waals surface area contributed by atoms with Crippen LogP contribution in [0.3, 0.4) is 0 Å². The summed E-state index contributed by atoms with van der Waals surface area (Å²) < 4.78 is 4.86. The Morgan fingerprint density at radius 1 is 1.56 bits per heavy atom. The standard InChI is InChI=1S/C10H13N3O3/c11-7-4-13(5-7)6-9(14)12-10(15)8-2-1-3-16-8/h1-3,7H,4-6,11H2,(H,12,14,15). The van der Waals surface area contributed by atoms with Crippen LogP contribution in [0.4, 0.5) is 0 Å². The molecule has 1 aliphatic heterocycles. The number of furan rings is 1. The predicted molar refractivity (Wildman–Crippen MR) is 55.6 cm³/mol. The lowest BCUT2D eigenvalue weighted by Crippen LogP contribution is -2.58. The molecule has 0 bridgehead atoms. The number of imide groups is 1. The second-order valence-corrected chi connectivity index (χ2v) is 3.81. The van der Waals surface area contributed by atoms with Crippen LogP contribution in [0.15, 0.2) is 22.8 Å². The Morgan fingerprint density at radius 2 is 2.31 bits per heavy atom. The van der Waals surface area contributed by atoms with Crippen LogP contribution < -0.4 is 11.1 Å². The molecule has 6 nitrogen and oxygen atoms in total. The number of carbonyl (C=O) groups excluding carboxylic acids is 2. The highest BCUT2D eigenvalue weighted by Crippen LogP contribution is 2.04. The van der Waals surface area contributed by atoms with Crippen molar-refractivity contribution >= 4 is 11.8 Å². The van der Waals surface area contributed by atoms with Gasteiger partial charge in [-0.1, -0.05) is 0 Å². The average molecular weight is 223 g/mol. The van der Waals surface area contributed by atoms with Crippen molar-refractivity contribution in [3.05, 3.63) is 24.2 Å². The van der Waals surface area contributed by atoms with Gasteiger partial charge in [-0.05, 0) is 12.1 Å². The second-order valence-electron chi connectivity index (χ2n) is 3.81. The Hall–Kier alpha value is -1.66. The molecule has 2 amide bonds. The second kappa shape index (κ2) is 4.46. The molecule has 0 saturated carbocycles. The van der Waals surface area contributed by atoms with Crippen LogP contribution in [-0.4, -0.2) is 42.4 Å². The largest absolute Gasteiger partial charge is 0.459 e. The van der Waals surface area contributed by atoms with Gasteiger partial charge >= 0.3 is 0 Å². The Balaban J connectivity index is 1.77. The van der Waals surface area contributed by atoms with Crippen LogP contribution >= 0.6 is 0 Å². The highest BCUT2D eigenvalue weighted by Gasteiger charge is 2.25. The molecule has 2 heterocycles. The van der Waals surface area contributed by atoms with Gasteiger partial charge in [-0.15, -0.1) is 0 Å². The number of rotatable bonds is 3. The van der Waals surface area contributed by atoms with Crippen LogP contribution in [-0.2, 0) is 4.79 Å². The third kappa shape index (κ3) is 2.47. The molecule has 0 radical (unpaired) electrons. The molecule has 86 valence electrons. The molecule has 0 aliphatic carbocycles. The molecule has 0 unspecified atom stereocenters. The van der Waals surface area contributed by atoms with Gasteiger partial charge < -0.3 is 10.2 Å². The molecule has 6 heteroatoms. The van der Waals surface area contributed by atoms with E-state index in [1.165, 1.54) is 12.3 Å². The van der Waals surface area contributed by atoms with Crippen molar-refractivity contribution in [3.63, 3.8) is 0 Å². The molecular formula is C10H13N3O3. The van der Waals surface area contributed by atoms with Crippen molar-refractivity contribution in [1.82, 2.24) is 10.2 Å². The number of likely N-dealkylation sites (tertiary alicyclic amines) is 1. The van der Waals surface area contributed by atoms with E-state index in [9.17, 15) is 9.59 Å². The minimum absolute atomic E-state index is 0.133. The molecule has 1 saturated heterocycles. The molecule has 16 heavy (non-hydrogen) atoms. The van der Waals surface area contributed by atoms with Crippen molar-refractivity contribution in [2.45, 2.75) is 6.04 Å². The lowest BCUT2D eigenvalue weighted by molar-refractivity contribution is -0.122. The molecule has 1 aromatic rings. The first-order valence-corrected chi connectivity index (χ1v) is 5.01. The third-order valence-electron chi connectivity index (χ3n) is 2.35. The van der Waals surface area contributed by atoms with Crippen molar-refractivity contribution in [1.29, 1.82) is 0 Å². The molecule has 1 fully saturated rings. The Kier molecular flexibility index (Phi) is 3.02. The van der Waals surface area contributed by atoms with Gasteiger partial charge in [0.05, 0.1) is 12.8 Å². The minimum atomic E-state index is -0.514. The summed E-state index contributed by atoms with van der Waals surface area (Å²) in [6, 6.07) is 3.24. The van der Waals surface area contributed by atoms with E-state index in [-0.39, 0.29) is 24.3 Å². The van der Waals surface area contributed by atoms with Gasteiger partial charge in [-0.3, -0.25) is 19.8 Å². The van der Waals surface area contributed by atoms with E-state index >= 15 is 0 Å². The zero-order valence-electron chi connectivity index (χ0n) is 8.68. The lowest BCUT2D eigenvalue weighted by atomic mass is 10.1. The summed E-state index contributed by atoms with van der Waals surface area (Å²) in [7, 11) is 0. The highest BCUT2D eigenvalue weighted by atomic mass is 16.3. The van der Waals surface area contributed by atoms with E-state index in [2.05, 4.69) is 5.32 Å². The summed E-state index contributed by atoms with van der Waals surface area (Å²) in [5.41, 5.74) is 5.57. The quantitative estimate of drug-likeness (QED) is 0.698. The van der Waals surface area contributed by atoms with E-state index in [0.717, 1.165) is 0 Å². The SMILES string of the molecule is NC1CN(CC(=O)NC(=O)c2ccco2)C1. The smallest absolute Gasteiger partial charge is 0.293 e. The van der Waals surface area contributed by atoms with Gasteiger partial charge in [0, 0.05) is 19.1 Å². The van der Waals surface area contributed by atoms with E-state index in [0.29, 0.717) is 13.1 Å². The maximum Gasteiger partial charge on any atom is 0.293 e.